The van der Waals surface area contributed by atoms with Gasteiger partial charge in [0, 0.05) is 17.1 Å². The number of carbonyl (C=O) groups excluding carboxylic acids is 2. The van der Waals surface area contributed by atoms with Crippen LogP contribution in [0.15, 0.2) is 66.7 Å². The number of amides is 1. The number of nitrogens with zero attached hydrogens (tertiary/aromatic N) is 2. The molecule has 3 heterocycles. The van der Waals surface area contributed by atoms with Crippen molar-refractivity contribution >= 4 is 40.1 Å². The molecular weight excluding hydrogens is 492 g/mol. The van der Waals surface area contributed by atoms with Crippen molar-refractivity contribution < 1.29 is 23.8 Å². The smallest absolute Gasteiger partial charge is 0.339 e. The molecule has 1 amide bonds. The second kappa shape index (κ2) is 9.27. The van der Waals surface area contributed by atoms with E-state index in [4.69, 9.17) is 19.2 Å². The Bertz CT molecular complexity index is 1690. The van der Waals surface area contributed by atoms with Gasteiger partial charge in [-0.15, -0.1) is 0 Å². The van der Waals surface area contributed by atoms with Gasteiger partial charge in [-0.1, -0.05) is 42.5 Å². The molecule has 7 rings (SSSR count). The van der Waals surface area contributed by atoms with Crippen molar-refractivity contribution in [1.29, 1.82) is 0 Å². The quantitative estimate of drug-likeness (QED) is 0.328. The topological polar surface area (TPSA) is 78.0 Å². The number of anilines is 1. The monoisotopic (exact) mass is 518 g/mol. The van der Waals surface area contributed by atoms with Crippen LogP contribution in [0.1, 0.15) is 46.1 Å². The molecule has 39 heavy (non-hydrogen) atoms. The normalized spacial score (nSPS) is 17.9. The first-order chi connectivity index (χ1) is 19.1. The van der Waals surface area contributed by atoms with Gasteiger partial charge in [0.25, 0.3) is 5.91 Å². The van der Waals surface area contributed by atoms with Gasteiger partial charge in [0.1, 0.15) is 0 Å². The SMILES string of the molecule is CC1Cc2ccccc2N1C(=O)COC(=O)c1c2c(nc3ccccc13)/C(=C\c1ccc3c(c1)OCO3)CC2. The van der Waals surface area contributed by atoms with Gasteiger partial charge in [0.15, 0.2) is 18.1 Å². The summed E-state index contributed by atoms with van der Waals surface area (Å²) in [7, 11) is 0. The summed E-state index contributed by atoms with van der Waals surface area (Å²) in [5.74, 6) is 0.735. The zero-order valence-corrected chi connectivity index (χ0v) is 21.5. The summed E-state index contributed by atoms with van der Waals surface area (Å²) in [5, 5.41) is 0.734. The van der Waals surface area contributed by atoms with Gasteiger partial charge < -0.3 is 19.1 Å². The Morgan fingerprint density at radius 2 is 1.85 bits per heavy atom. The lowest BCUT2D eigenvalue weighted by Crippen LogP contribution is -2.38. The molecule has 0 fully saturated rings. The van der Waals surface area contributed by atoms with Crippen LogP contribution in [0.25, 0.3) is 22.6 Å². The van der Waals surface area contributed by atoms with Crippen LogP contribution in [0.5, 0.6) is 11.5 Å². The molecule has 1 atom stereocenters. The number of carbonyl (C=O) groups is 2. The van der Waals surface area contributed by atoms with Crippen LogP contribution >= 0.6 is 0 Å². The maximum atomic E-state index is 13.6. The second-order valence-electron chi connectivity index (χ2n) is 10.1. The molecule has 7 nitrogen and oxygen atoms in total. The minimum atomic E-state index is -0.498. The minimum Gasteiger partial charge on any atom is -0.454 e. The number of benzene rings is 3. The summed E-state index contributed by atoms with van der Waals surface area (Å²) >= 11 is 0. The number of fused-ring (bicyclic) bond motifs is 4. The molecule has 0 saturated carbocycles. The van der Waals surface area contributed by atoms with Crippen molar-refractivity contribution in [3.05, 3.63) is 94.7 Å². The standard InChI is InChI=1S/C32H26N2O5/c1-19-14-21-6-2-5-9-26(21)34(19)29(35)17-37-32(36)30-23-7-3-4-8-25(23)33-31-22(11-12-24(30)31)15-20-10-13-27-28(16-20)39-18-38-27/h2-10,13,15-16,19H,11-12,14,17-18H2,1H3/b22-15-. The lowest BCUT2D eigenvalue weighted by atomic mass is 10.0. The number of esters is 1. The van der Waals surface area contributed by atoms with E-state index in [1.165, 1.54) is 0 Å². The third-order valence-electron chi connectivity index (χ3n) is 7.69. The highest BCUT2D eigenvalue weighted by molar-refractivity contribution is 6.08. The van der Waals surface area contributed by atoms with E-state index in [1.807, 2.05) is 73.7 Å². The molecule has 3 aliphatic rings. The molecule has 3 aromatic carbocycles. The molecule has 1 aliphatic carbocycles. The van der Waals surface area contributed by atoms with Gasteiger partial charge in [0.05, 0.1) is 16.8 Å². The minimum absolute atomic E-state index is 0.0171. The summed E-state index contributed by atoms with van der Waals surface area (Å²) in [6.07, 6.45) is 4.28. The van der Waals surface area contributed by atoms with Crippen molar-refractivity contribution in [1.82, 2.24) is 4.98 Å². The van der Waals surface area contributed by atoms with E-state index < -0.39 is 5.97 Å². The van der Waals surface area contributed by atoms with Crippen molar-refractivity contribution in [2.24, 2.45) is 0 Å². The second-order valence-corrected chi connectivity index (χ2v) is 10.1. The van der Waals surface area contributed by atoms with Gasteiger partial charge in [-0.05, 0) is 78.8 Å². The fourth-order valence-corrected chi connectivity index (χ4v) is 5.93. The van der Waals surface area contributed by atoms with Crippen LogP contribution < -0.4 is 14.4 Å². The van der Waals surface area contributed by atoms with E-state index in [1.54, 1.807) is 4.90 Å². The first kappa shape index (κ1) is 23.5. The molecule has 2 aliphatic heterocycles. The molecule has 1 unspecified atom stereocenters. The van der Waals surface area contributed by atoms with E-state index in [-0.39, 0.29) is 25.3 Å². The molecule has 0 spiro atoms. The third kappa shape index (κ3) is 4.02. The van der Waals surface area contributed by atoms with Crippen LogP contribution in [0.3, 0.4) is 0 Å². The zero-order valence-electron chi connectivity index (χ0n) is 21.5. The Kier molecular flexibility index (Phi) is 5.58. The van der Waals surface area contributed by atoms with Crippen molar-refractivity contribution in [3.8, 4) is 11.5 Å². The van der Waals surface area contributed by atoms with E-state index >= 15 is 0 Å². The molecule has 194 valence electrons. The summed E-state index contributed by atoms with van der Waals surface area (Å²) in [6.45, 7) is 1.92. The lowest BCUT2D eigenvalue weighted by molar-refractivity contribution is -0.122. The predicted molar refractivity (Wildman–Crippen MR) is 148 cm³/mol. The average molecular weight is 519 g/mol. The summed E-state index contributed by atoms with van der Waals surface area (Å²) in [6, 6.07) is 21.3. The van der Waals surface area contributed by atoms with Gasteiger partial charge >= 0.3 is 5.97 Å². The number of aromatic nitrogens is 1. The molecule has 1 aromatic heterocycles. The maximum Gasteiger partial charge on any atom is 0.339 e. The Balaban J connectivity index is 1.19. The van der Waals surface area contributed by atoms with Crippen LogP contribution in [0.4, 0.5) is 5.69 Å². The molecule has 0 bridgehead atoms. The summed E-state index contributed by atoms with van der Waals surface area (Å²) in [5.41, 5.74) is 6.91. The highest BCUT2D eigenvalue weighted by Gasteiger charge is 2.32. The number of rotatable bonds is 4. The van der Waals surface area contributed by atoms with Crippen LogP contribution in [-0.4, -0.2) is 36.3 Å². The van der Waals surface area contributed by atoms with Gasteiger partial charge in [-0.2, -0.15) is 0 Å². The number of allylic oxidation sites excluding steroid dienone is 1. The third-order valence-corrected chi connectivity index (χ3v) is 7.69. The number of para-hydroxylation sites is 2. The summed E-state index contributed by atoms with van der Waals surface area (Å²) in [4.78, 5) is 33.5. The van der Waals surface area contributed by atoms with Crippen LogP contribution in [-0.2, 0) is 22.4 Å². The van der Waals surface area contributed by atoms with Crippen LogP contribution in [0, 0.1) is 0 Å². The molecule has 7 heteroatoms. The largest absolute Gasteiger partial charge is 0.454 e. The first-order valence-electron chi connectivity index (χ1n) is 13.2. The molecule has 0 radical (unpaired) electrons. The molecule has 0 N–H and O–H groups in total. The van der Waals surface area contributed by atoms with Gasteiger partial charge in [0.2, 0.25) is 6.79 Å². The summed E-state index contributed by atoms with van der Waals surface area (Å²) < 4.78 is 16.7. The Morgan fingerprint density at radius 1 is 1.03 bits per heavy atom. The fraction of sp³-hybridized carbons (Fsp3) is 0.219. The first-order valence-corrected chi connectivity index (χ1v) is 13.2. The fourth-order valence-electron chi connectivity index (χ4n) is 5.93. The molecule has 4 aromatic rings. The number of hydrogen-bond donors (Lipinski definition) is 0. The number of pyridine rings is 1. The number of ether oxygens (including phenoxy) is 3. The predicted octanol–water partition coefficient (Wildman–Crippen LogP) is 5.58. The zero-order chi connectivity index (χ0) is 26.5. The maximum absolute atomic E-state index is 13.6. The average Bonchev–Trinajstić information content (AvgIpc) is 3.66. The highest BCUT2D eigenvalue weighted by Crippen LogP contribution is 2.39. The van der Waals surface area contributed by atoms with Crippen LogP contribution in [0.2, 0.25) is 0 Å². The van der Waals surface area contributed by atoms with E-state index in [0.717, 1.165) is 68.9 Å². The van der Waals surface area contributed by atoms with Crippen molar-refractivity contribution in [2.75, 3.05) is 18.3 Å². The van der Waals surface area contributed by atoms with Crippen molar-refractivity contribution in [2.45, 2.75) is 32.2 Å². The van der Waals surface area contributed by atoms with Gasteiger partial charge in [-0.3, -0.25) is 4.79 Å². The number of hydrogen-bond acceptors (Lipinski definition) is 6. The van der Waals surface area contributed by atoms with Gasteiger partial charge in [-0.25, -0.2) is 9.78 Å². The lowest BCUT2D eigenvalue weighted by Gasteiger charge is -2.22. The Morgan fingerprint density at radius 3 is 2.77 bits per heavy atom. The van der Waals surface area contributed by atoms with E-state index in [0.29, 0.717) is 12.0 Å². The highest BCUT2D eigenvalue weighted by atomic mass is 16.7. The Labute approximate surface area is 225 Å². The van der Waals surface area contributed by atoms with Crippen molar-refractivity contribution in [3.63, 3.8) is 0 Å². The van der Waals surface area contributed by atoms with E-state index in [2.05, 4.69) is 6.08 Å². The molecule has 0 saturated heterocycles. The Hall–Kier alpha value is -4.65. The van der Waals surface area contributed by atoms with E-state index in [9.17, 15) is 9.59 Å². The molecular formula is C32H26N2O5.